The number of amides is 1. The third-order valence-electron chi connectivity index (χ3n) is 5.47. The van der Waals surface area contributed by atoms with Crippen LogP contribution in [0.1, 0.15) is 35.8 Å². The van der Waals surface area contributed by atoms with E-state index in [1.807, 2.05) is 38.1 Å². The van der Waals surface area contributed by atoms with Crippen LogP contribution in [0.15, 0.2) is 53.3 Å². The molecular formula is C23H26N4O5. The van der Waals surface area contributed by atoms with Gasteiger partial charge >= 0.3 is 0 Å². The van der Waals surface area contributed by atoms with E-state index < -0.39 is 16.4 Å². The summed E-state index contributed by atoms with van der Waals surface area (Å²) < 4.78 is 5.34. The molecule has 2 aromatic carbocycles. The number of hydrogen-bond donors (Lipinski definition) is 2. The molecule has 0 saturated carbocycles. The zero-order valence-corrected chi connectivity index (χ0v) is 18.3. The van der Waals surface area contributed by atoms with Gasteiger partial charge in [-0.05, 0) is 36.9 Å². The number of pyridine rings is 1. The van der Waals surface area contributed by atoms with Crippen LogP contribution in [-0.4, -0.2) is 47.5 Å². The summed E-state index contributed by atoms with van der Waals surface area (Å²) in [5, 5.41) is 14.4. The molecule has 1 atom stereocenters. The number of methoxy groups -OCH3 is 1. The van der Waals surface area contributed by atoms with Crippen LogP contribution in [0, 0.1) is 10.1 Å². The molecule has 0 bridgehead atoms. The number of hydrogen-bond acceptors (Lipinski definition) is 6. The molecule has 1 aromatic heterocycles. The molecule has 0 aliphatic carbocycles. The second kappa shape index (κ2) is 10.1. The Balaban J connectivity index is 1.93. The predicted octanol–water partition coefficient (Wildman–Crippen LogP) is 3.26. The predicted molar refractivity (Wildman–Crippen MR) is 122 cm³/mol. The Morgan fingerprint density at radius 3 is 2.59 bits per heavy atom. The van der Waals surface area contributed by atoms with Gasteiger partial charge in [-0.15, -0.1) is 0 Å². The van der Waals surface area contributed by atoms with E-state index in [4.69, 9.17) is 4.74 Å². The Bertz CT molecular complexity index is 1190. The van der Waals surface area contributed by atoms with Crippen molar-refractivity contribution in [3.63, 3.8) is 0 Å². The van der Waals surface area contributed by atoms with Gasteiger partial charge in [0.2, 0.25) is 5.56 Å². The van der Waals surface area contributed by atoms with Gasteiger partial charge in [0.25, 0.3) is 11.6 Å². The van der Waals surface area contributed by atoms with Crippen LogP contribution in [0.25, 0.3) is 10.9 Å². The molecule has 3 rings (SSSR count). The van der Waals surface area contributed by atoms with Crippen LogP contribution in [0.3, 0.4) is 0 Å². The van der Waals surface area contributed by atoms with E-state index in [-0.39, 0.29) is 23.8 Å². The molecular weight excluding hydrogens is 412 g/mol. The summed E-state index contributed by atoms with van der Waals surface area (Å²) in [4.78, 5) is 40.6. The van der Waals surface area contributed by atoms with E-state index in [0.717, 1.165) is 24.4 Å². The maximum absolute atomic E-state index is 13.1. The molecule has 0 aliphatic rings. The Morgan fingerprint density at radius 1 is 1.19 bits per heavy atom. The van der Waals surface area contributed by atoms with E-state index in [0.29, 0.717) is 10.9 Å². The number of H-pyrrole nitrogens is 1. The number of non-ortho nitro benzene ring substituents is 1. The fraction of sp³-hybridized carbons (Fsp3) is 0.304. The maximum Gasteiger partial charge on any atom is 0.270 e. The number of aromatic nitrogens is 1. The number of likely N-dealkylation sites (N-methyl/N-ethyl adjacent to an activating group) is 1. The van der Waals surface area contributed by atoms with Gasteiger partial charge in [0.1, 0.15) is 5.75 Å². The average Bonchev–Trinajstić information content (AvgIpc) is 2.80. The van der Waals surface area contributed by atoms with Crippen LogP contribution < -0.4 is 15.6 Å². The summed E-state index contributed by atoms with van der Waals surface area (Å²) in [7, 11) is 1.60. The molecule has 0 saturated heterocycles. The maximum atomic E-state index is 13.1. The quantitative estimate of drug-likeness (QED) is 0.391. The molecule has 3 aromatic rings. The van der Waals surface area contributed by atoms with Crippen molar-refractivity contribution in [3.8, 4) is 5.75 Å². The van der Waals surface area contributed by atoms with Crippen molar-refractivity contribution < 1.29 is 14.5 Å². The summed E-state index contributed by atoms with van der Waals surface area (Å²) in [6.45, 7) is 5.92. The third-order valence-corrected chi connectivity index (χ3v) is 5.47. The van der Waals surface area contributed by atoms with Crippen molar-refractivity contribution >= 4 is 22.5 Å². The van der Waals surface area contributed by atoms with Gasteiger partial charge < -0.3 is 15.0 Å². The van der Waals surface area contributed by atoms with Crippen LogP contribution in [0.2, 0.25) is 0 Å². The Labute approximate surface area is 185 Å². The van der Waals surface area contributed by atoms with Crippen LogP contribution in [-0.2, 0) is 0 Å². The first-order valence-corrected chi connectivity index (χ1v) is 10.4. The molecule has 0 fully saturated rings. The number of aromatic amines is 1. The first kappa shape index (κ1) is 23.0. The van der Waals surface area contributed by atoms with Crippen molar-refractivity contribution in [2.24, 2.45) is 0 Å². The highest BCUT2D eigenvalue weighted by atomic mass is 16.6. The molecule has 1 heterocycles. The van der Waals surface area contributed by atoms with Crippen LogP contribution >= 0.6 is 0 Å². The summed E-state index contributed by atoms with van der Waals surface area (Å²) in [6, 6.07) is 12.7. The van der Waals surface area contributed by atoms with Crippen molar-refractivity contribution in [2.75, 3.05) is 26.7 Å². The highest BCUT2D eigenvalue weighted by Gasteiger charge is 2.21. The topological polar surface area (TPSA) is 118 Å². The zero-order chi connectivity index (χ0) is 23.3. The number of carbonyl (C=O) groups is 1. The molecule has 9 heteroatoms. The second-order valence-corrected chi connectivity index (χ2v) is 7.26. The van der Waals surface area contributed by atoms with Gasteiger partial charge in [0.05, 0.1) is 23.6 Å². The number of nitrogens with zero attached hydrogens (tertiary/aromatic N) is 2. The van der Waals surface area contributed by atoms with Crippen LogP contribution in [0.5, 0.6) is 5.75 Å². The summed E-state index contributed by atoms with van der Waals surface area (Å²) in [6.07, 6.45) is 0. The second-order valence-electron chi connectivity index (χ2n) is 7.26. The zero-order valence-electron chi connectivity index (χ0n) is 18.3. The fourth-order valence-electron chi connectivity index (χ4n) is 3.80. The smallest absolute Gasteiger partial charge is 0.270 e. The van der Waals surface area contributed by atoms with E-state index in [2.05, 4.69) is 15.2 Å². The summed E-state index contributed by atoms with van der Waals surface area (Å²) in [5.74, 6) is 0.250. The van der Waals surface area contributed by atoms with Gasteiger partial charge in [-0.1, -0.05) is 26.0 Å². The molecule has 2 N–H and O–H groups in total. The molecule has 0 radical (unpaired) electrons. The molecule has 168 valence electrons. The number of benzene rings is 2. The lowest BCUT2D eigenvalue weighted by atomic mass is 10.0. The number of rotatable bonds is 9. The largest absolute Gasteiger partial charge is 0.497 e. The number of fused-ring (bicyclic) bond motifs is 1. The summed E-state index contributed by atoms with van der Waals surface area (Å²) >= 11 is 0. The number of carbonyl (C=O) groups excluding carboxylic acids is 1. The Hall–Kier alpha value is -3.72. The molecule has 1 amide bonds. The lowest BCUT2D eigenvalue weighted by Crippen LogP contribution is -2.38. The van der Waals surface area contributed by atoms with E-state index in [1.165, 1.54) is 24.3 Å². The Kier molecular flexibility index (Phi) is 7.21. The molecule has 9 nitrogen and oxygen atoms in total. The van der Waals surface area contributed by atoms with E-state index in [1.54, 1.807) is 7.11 Å². The first-order chi connectivity index (χ1) is 15.4. The molecule has 32 heavy (non-hydrogen) atoms. The van der Waals surface area contributed by atoms with Gasteiger partial charge in [0, 0.05) is 35.6 Å². The highest BCUT2D eigenvalue weighted by molar-refractivity contribution is 6.06. The lowest BCUT2D eigenvalue weighted by Gasteiger charge is -2.30. The van der Waals surface area contributed by atoms with Crippen molar-refractivity contribution in [2.45, 2.75) is 19.9 Å². The molecule has 1 unspecified atom stereocenters. The SMILES string of the molecule is CCN(CC)C(CNC(=O)c1cc(=O)[nH]c2ccc([N+](=O)[O-])cc12)c1cccc(OC)c1. The lowest BCUT2D eigenvalue weighted by molar-refractivity contribution is -0.384. The minimum atomic E-state index is -0.536. The van der Waals surface area contributed by atoms with Crippen molar-refractivity contribution in [1.29, 1.82) is 0 Å². The monoisotopic (exact) mass is 438 g/mol. The van der Waals surface area contributed by atoms with Gasteiger partial charge in [0.15, 0.2) is 0 Å². The minimum absolute atomic E-state index is 0.0939. The average molecular weight is 438 g/mol. The Morgan fingerprint density at radius 2 is 1.94 bits per heavy atom. The number of nitrogens with one attached hydrogen (secondary N) is 2. The number of nitro groups is 1. The number of nitro benzene ring substituents is 1. The fourth-order valence-corrected chi connectivity index (χ4v) is 3.80. The van der Waals surface area contributed by atoms with E-state index >= 15 is 0 Å². The standard InChI is InChI=1S/C23H26N4O5/c1-4-26(5-2)21(15-7-6-8-17(11-15)32-3)14-24-23(29)19-13-22(28)25-20-10-9-16(27(30)31)12-18(19)20/h6-13,21H,4-5,14H2,1-3H3,(H,24,29)(H,25,28). The van der Waals surface area contributed by atoms with Crippen LogP contribution in [0.4, 0.5) is 5.69 Å². The van der Waals surface area contributed by atoms with Gasteiger partial charge in [-0.3, -0.25) is 24.6 Å². The minimum Gasteiger partial charge on any atom is -0.497 e. The first-order valence-electron chi connectivity index (χ1n) is 10.4. The molecule has 0 spiro atoms. The van der Waals surface area contributed by atoms with E-state index in [9.17, 15) is 19.7 Å². The molecule has 0 aliphatic heterocycles. The normalized spacial score (nSPS) is 12.0. The van der Waals surface area contributed by atoms with Gasteiger partial charge in [-0.25, -0.2) is 0 Å². The highest BCUT2D eigenvalue weighted by Crippen LogP contribution is 2.25. The summed E-state index contributed by atoms with van der Waals surface area (Å²) in [5.41, 5.74) is 0.832. The number of ether oxygens (including phenoxy) is 1. The third kappa shape index (κ3) is 4.94. The van der Waals surface area contributed by atoms with Gasteiger partial charge in [-0.2, -0.15) is 0 Å². The van der Waals surface area contributed by atoms with Crippen molar-refractivity contribution in [3.05, 3.63) is 80.1 Å². The van der Waals surface area contributed by atoms with Crippen molar-refractivity contribution in [1.82, 2.24) is 15.2 Å².